The molecule has 6 nitrogen and oxygen atoms in total. The lowest BCUT2D eigenvalue weighted by molar-refractivity contribution is -0.128. The lowest BCUT2D eigenvalue weighted by atomic mass is 10.1. The second-order valence-electron chi connectivity index (χ2n) is 4.49. The van der Waals surface area contributed by atoms with Crippen LogP contribution in [0.25, 0.3) is 5.70 Å². The molecular weight excluding hydrogens is 392 g/mol. The van der Waals surface area contributed by atoms with Gasteiger partial charge in [-0.2, -0.15) is 13.9 Å². The summed E-state index contributed by atoms with van der Waals surface area (Å²) < 4.78 is 28.6. The van der Waals surface area contributed by atoms with E-state index < -0.39 is 12.6 Å². The molecule has 1 heterocycles. The molecule has 1 aromatic heterocycles. The zero-order valence-electron chi connectivity index (χ0n) is 15.6. The Bertz CT molecular complexity index is 731. The van der Waals surface area contributed by atoms with Crippen molar-refractivity contribution in [2.24, 2.45) is 5.10 Å². The lowest BCUT2D eigenvalue weighted by Crippen LogP contribution is -2.08. The van der Waals surface area contributed by atoms with E-state index in [1.54, 1.807) is 25.4 Å². The number of alkyl halides is 2. The highest BCUT2D eigenvalue weighted by atomic mass is 35.5. The summed E-state index contributed by atoms with van der Waals surface area (Å²) in [6, 6.07) is 9.78. The molecule has 0 saturated heterocycles. The van der Waals surface area contributed by atoms with Crippen molar-refractivity contribution in [1.82, 2.24) is 10.4 Å². The topological polar surface area (TPSA) is 83.8 Å². The minimum absolute atomic E-state index is 0.106. The number of carbonyl (C=O) groups is 1. The Balaban J connectivity index is 0.000000759. The number of hydrogen-bond acceptors (Lipinski definition) is 5. The second kappa shape index (κ2) is 15.1. The van der Waals surface area contributed by atoms with Gasteiger partial charge in [-0.1, -0.05) is 37.6 Å². The molecule has 0 aliphatic heterocycles. The van der Waals surface area contributed by atoms with Crippen LogP contribution in [0.2, 0.25) is 5.02 Å². The Morgan fingerprint density at radius 3 is 2.32 bits per heavy atom. The molecule has 0 amide bonds. The molecule has 2 aromatic rings. The van der Waals surface area contributed by atoms with Crippen molar-refractivity contribution in [3.8, 4) is 5.75 Å². The summed E-state index contributed by atoms with van der Waals surface area (Å²) in [7, 11) is 0. The Morgan fingerprint density at radius 1 is 1.25 bits per heavy atom. The van der Waals surface area contributed by atoms with Gasteiger partial charge < -0.3 is 9.84 Å². The van der Waals surface area contributed by atoms with E-state index >= 15 is 0 Å². The highest BCUT2D eigenvalue weighted by molar-refractivity contribution is 6.30. The quantitative estimate of drug-likeness (QED) is 0.510. The van der Waals surface area contributed by atoms with Crippen molar-refractivity contribution < 1.29 is 23.4 Å². The third-order valence-corrected chi connectivity index (χ3v) is 2.84. The van der Waals surface area contributed by atoms with Crippen LogP contribution in [0.15, 0.2) is 60.0 Å². The molecule has 0 aliphatic carbocycles. The van der Waals surface area contributed by atoms with Crippen LogP contribution in [0.4, 0.5) is 8.78 Å². The molecule has 9 heteroatoms. The molecule has 1 aromatic carbocycles. The molecule has 0 atom stereocenters. The number of carboxylic acids is 1. The van der Waals surface area contributed by atoms with E-state index in [1.807, 2.05) is 32.0 Å². The summed E-state index contributed by atoms with van der Waals surface area (Å²) in [6.07, 6.45) is 5.74. The monoisotopic (exact) mass is 413 g/mol. The van der Waals surface area contributed by atoms with Crippen molar-refractivity contribution in [3.05, 3.63) is 65.5 Å². The Labute approximate surface area is 167 Å². The van der Waals surface area contributed by atoms with Gasteiger partial charge in [-0.05, 0) is 37.3 Å². The van der Waals surface area contributed by atoms with Gasteiger partial charge in [-0.15, -0.1) is 0 Å². The third-order valence-electron chi connectivity index (χ3n) is 2.62. The molecule has 2 N–H and O–H groups in total. The maximum Gasteiger partial charge on any atom is 0.387 e. The van der Waals surface area contributed by atoms with Gasteiger partial charge in [0.2, 0.25) is 0 Å². The van der Waals surface area contributed by atoms with Crippen LogP contribution in [-0.4, -0.2) is 28.9 Å². The zero-order chi connectivity index (χ0) is 21.4. The van der Waals surface area contributed by atoms with Crippen LogP contribution in [0, 0.1) is 0 Å². The van der Waals surface area contributed by atoms with Crippen LogP contribution in [0.3, 0.4) is 0 Å². The Morgan fingerprint density at radius 2 is 1.89 bits per heavy atom. The summed E-state index contributed by atoms with van der Waals surface area (Å²) in [6.45, 7) is 2.70. The van der Waals surface area contributed by atoms with E-state index in [9.17, 15) is 13.6 Å². The molecule has 2 rings (SSSR count). The highest BCUT2D eigenvalue weighted by Crippen LogP contribution is 2.25. The summed E-state index contributed by atoms with van der Waals surface area (Å²) in [5, 5.41) is 12.1. The van der Waals surface area contributed by atoms with E-state index in [2.05, 4.69) is 20.2 Å². The first-order chi connectivity index (χ1) is 13.4. The molecule has 0 unspecified atom stereocenters. The van der Waals surface area contributed by atoms with Crippen LogP contribution < -0.4 is 10.2 Å². The number of ether oxygens (including phenoxy) is 1. The average Bonchev–Trinajstić information content (AvgIpc) is 2.67. The molecule has 0 fully saturated rings. The molecule has 28 heavy (non-hydrogen) atoms. The first-order valence-corrected chi connectivity index (χ1v) is 8.59. The molecule has 0 bridgehead atoms. The van der Waals surface area contributed by atoms with E-state index in [0.717, 1.165) is 0 Å². The smallest absolute Gasteiger partial charge is 0.387 e. The molecular formula is C19H22ClF2N3O3. The summed E-state index contributed by atoms with van der Waals surface area (Å²) in [5.74, 6) is -1.33. The van der Waals surface area contributed by atoms with Gasteiger partial charge in [0.05, 0.1) is 5.70 Å². The van der Waals surface area contributed by atoms with Crippen molar-refractivity contribution >= 4 is 29.5 Å². The molecule has 0 radical (unpaired) electrons. The number of hydrazone groups is 1. The minimum Gasteiger partial charge on any atom is -0.477 e. The normalized spacial score (nSPS) is 10.5. The van der Waals surface area contributed by atoms with Gasteiger partial charge >= 0.3 is 12.6 Å². The number of nitrogens with one attached hydrogen (secondary N) is 1. The maximum atomic E-state index is 12.2. The molecule has 0 aliphatic rings. The number of aliphatic carboxylic acids is 1. The predicted octanol–water partition coefficient (Wildman–Crippen LogP) is 5.07. The van der Waals surface area contributed by atoms with E-state index in [0.29, 0.717) is 17.5 Å². The van der Waals surface area contributed by atoms with E-state index in [1.165, 1.54) is 18.2 Å². The van der Waals surface area contributed by atoms with Crippen LogP contribution in [0.1, 0.15) is 26.3 Å². The van der Waals surface area contributed by atoms with Gasteiger partial charge in [-0.25, -0.2) is 4.79 Å². The average molecular weight is 414 g/mol. The van der Waals surface area contributed by atoms with Crippen molar-refractivity contribution in [1.29, 1.82) is 0 Å². The van der Waals surface area contributed by atoms with Crippen molar-refractivity contribution in [3.63, 3.8) is 0 Å². The minimum atomic E-state index is -2.96. The number of pyridine rings is 1. The van der Waals surface area contributed by atoms with E-state index in [4.69, 9.17) is 16.7 Å². The first kappa shape index (κ1) is 25.0. The number of allylic oxidation sites excluding steroid dienone is 1. The fourth-order valence-electron chi connectivity index (χ4n) is 1.65. The zero-order valence-corrected chi connectivity index (χ0v) is 16.4. The highest BCUT2D eigenvalue weighted by Gasteiger charge is 2.09. The number of hydrogen-bond donors (Lipinski definition) is 2. The molecule has 0 spiro atoms. The Hall–Kier alpha value is -3.00. The number of carboxylic acid groups (broad SMARTS) is 1. The number of aromatic nitrogens is 1. The van der Waals surface area contributed by atoms with E-state index in [-0.39, 0.29) is 10.8 Å². The summed E-state index contributed by atoms with van der Waals surface area (Å²) in [5.41, 5.74) is 3.29. The van der Waals surface area contributed by atoms with Crippen LogP contribution in [-0.2, 0) is 4.79 Å². The van der Waals surface area contributed by atoms with Crippen LogP contribution in [0.5, 0.6) is 5.75 Å². The fourth-order valence-corrected chi connectivity index (χ4v) is 1.88. The van der Waals surface area contributed by atoms with Crippen molar-refractivity contribution in [2.45, 2.75) is 27.4 Å². The van der Waals surface area contributed by atoms with Gasteiger partial charge in [0.1, 0.15) is 12.0 Å². The fraction of sp³-hybridized carbons (Fsp3) is 0.211. The second-order valence-corrected chi connectivity index (χ2v) is 4.93. The SMILES string of the molecule is C/C=C(\N/N=C/C(=O)O)c1cc(Cl)cc(OC(F)F)c1.CC.c1ccncc1. The van der Waals surface area contributed by atoms with Gasteiger partial charge in [-0.3, -0.25) is 10.4 Å². The number of halogens is 3. The van der Waals surface area contributed by atoms with Gasteiger partial charge in [0, 0.05) is 23.0 Å². The van der Waals surface area contributed by atoms with Gasteiger partial charge in [0.15, 0.2) is 0 Å². The lowest BCUT2D eigenvalue weighted by Gasteiger charge is -2.10. The van der Waals surface area contributed by atoms with Gasteiger partial charge in [0.25, 0.3) is 0 Å². The van der Waals surface area contributed by atoms with Crippen molar-refractivity contribution in [2.75, 3.05) is 0 Å². The Kier molecular flexibility index (Phi) is 13.5. The first-order valence-electron chi connectivity index (χ1n) is 8.21. The maximum absolute atomic E-state index is 12.2. The number of rotatable bonds is 6. The van der Waals surface area contributed by atoms with Crippen LogP contribution >= 0.6 is 11.6 Å². The third kappa shape index (κ3) is 11.6. The predicted molar refractivity (Wildman–Crippen MR) is 107 cm³/mol. The number of nitrogens with zero attached hydrogens (tertiary/aromatic N) is 2. The largest absolute Gasteiger partial charge is 0.477 e. The summed E-state index contributed by atoms with van der Waals surface area (Å²) >= 11 is 5.81. The standard InChI is InChI=1S/C12H11ClF2N2O3.C5H5N.C2H6/c1-2-10(17-16-6-11(18)19)7-3-8(13)5-9(4-7)20-12(14)15;1-2-4-6-5-3-1;1-2/h2-6,12,17H,1H3,(H,18,19);1-5H;1-2H3/b10-2-,16-6+;;. The molecule has 152 valence electrons. The molecule has 0 saturated carbocycles. The summed E-state index contributed by atoms with van der Waals surface area (Å²) in [4.78, 5) is 14.1. The number of benzene rings is 1.